The third-order valence-electron chi connectivity index (χ3n) is 4.72. The molecular weight excluding hydrogens is 410 g/mol. The normalized spacial score (nSPS) is 12.0. The maximum Gasteiger partial charge on any atom is 0.285 e. The van der Waals surface area contributed by atoms with E-state index in [1.165, 1.54) is 9.58 Å². The number of carbonyl (C=O) groups is 2. The molecule has 10 heteroatoms. The molecule has 2 amide bonds. The number of rotatable bonds is 4. The quantitative estimate of drug-likeness (QED) is 0.376. The molecular formula is C20H18ClN5O4. The summed E-state index contributed by atoms with van der Waals surface area (Å²) in [7, 11) is 1.66. The molecule has 0 radical (unpaired) electrons. The molecule has 4 rings (SSSR count). The van der Waals surface area contributed by atoms with Crippen LogP contribution in [0.2, 0.25) is 5.02 Å². The SMILES string of the molecule is Cc1nn(-c2cccc(C(=O)N(C)c3ccc4c(c3)OCO4)c2)c(C(=O)NN)c1Cl. The molecule has 3 N–H and O–H groups in total. The molecule has 0 atom stereocenters. The number of halogens is 1. The maximum atomic E-state index is 13.1. The van der Waals surface area contributed by atoms with Crippen LogP contribution in [0.25, 0.3) is 5.69 Å². The molecule has 0 saturated heterocycles. The lowest BCUT2D eigenvalue weighted by molar-refractivity contribution is 0.0945. The lowest BCUT2D eigenvalue weighted by atomic mass is 10.1. The van der Waals surface area contributed by atoms with Crippen LogP contribution in [0.15, 0.2) is 42.5 Å². The van der Waals surface area contributed by atoms with Gasteiger partial charge >= 0.3 is 0 Å². The number of hydrogen-bond acceptors (Lipinski definition) is 6. The van der Waals surface area contributed by atoms with Gasteiger partial charge in [-0.25, -0.2) is 10.5 Å². The molecule has 2 heterocycles. The fraction of sp³-hybridized carbons (Fsp3) is 0.150. The number of nitrogens with zero attached hydrogens (tertiary/aromatic N) is 3. The second-order valence-electron chi connectivity index (χ2n) is 6.59. The van der Waals surface area contributed by atoms with Gasteiger partial charge in [0.05, 0.1) is 16.4 Å². The summed E-state index contributed by atoms with van der Waals surface area (Å²) >= 11 is 6.22. The van der Waals surface area contributed by atoms with E-state index < -0.39 is 5.91 Å². The summed E-state index contributed by atoms with van der Waals surface area (Å²) in [4.78, 5) is 26.7. The number of nitrogens with two attached hydrogens (primary N) is 1. The van der Waals surface area contributed by atoms with Crippen molar-refractivity contribution in [3.05, 3.63) is 64.4 Å². The molecule has 9 nitrogen and oxygen atoms in total. The van der Waals surface area contributed by atoms with Crippen LogP contribution in [0, 0.1) is 6.92 Å². The Kier molecular flexibility index (Phi) is 5.06. The zero-order valence-corrected chi connectivity index (χ0v) is 16.9. The number of fused-ring (bicyclic) bond motifs is 1. The van der Waals surface area contributed by atoms with Crippen molar-refractivity contribution in [2.24, 2.45) is 5.84 Å². The maximum absolute atomic E-state index is 13.1. The molecule has 0 unspecified atom stereocenters. The minimum absolute atomic E-state index is 0.0883. The summed E-state index contributed by atoms with van der Waals surface area (Å²) in [5.41, 5.74) is 4.15. The molecule has 0 aliphatic carbocycles. The number of anilines is 1. The van der Waals surface area contributed by atoms with Crippen molar-refractivity contribution < 1.29 is 19.1 Å². The number of ether oxygens (including phenoxy) is 2. The minimum Gasteiger partial charge on any atom is -0.454 e. The van der Waals surface area contributed by atoms with Crippen LogP contribution in [0.5, 0.6) is 11.5 Å². The Morgan fingerprint density at radius 2 is 1.97 bits per heavy atom. The van der Waals surface area contributed by atoms with Crippen molar-refractivity contribution in [2.75, 3.05) is 18.7 Å². The average molecular weight is 428 g/mol. The molecule has 0 spiro atoms. The molecule has 2 aromatic carbocycles. The Hall–Kier alpha value is -3.56. The highest BCUT2D eigenvalue weighted by Crippen LogP contribution is 2.35. The van der Waals surface area contributed by atoms with Crippen molar-refractivity contribution in [2.45, 2.75) is 6.92 Å². The number of carbonyl (C=O) groups excluding carboxylic acids is 2. The van der Waals surface area contributed by atoms with E-state index in [-0.39, 0.29) is 23.4 Å². The molecule has 30 heavy (non-hydrogen) atoms. The van der Waals surface area contributed by atoms with Crippen LogP contribution in [-0.4, -0.2) is 35.4 Å². The van der Waals surface area contributed by atoms with Crippen LogP contribution in [0.1, 0.15) is 26.5 Å². The predicted octanol–water partition coefficient (Wildman–Crippen LogP) is 2.44. The fourth-order valence-corrected chi connectivity index (χ4v) is 3.34. The van der Waals surface area contributed by atoms with Crippen LogP contribution in [0.3, 0.4) is 0 Å². The monoisotopic (exact) mass is 427 g/mol. The molecule has 1 aromatic heterocycles. The number of aryl methyl sites for hydroxylation is 1. The van der Waals surface area contributed by atoms with E-state index in [1.54, 1.807) is 56.4 Å². The fourth-order valence-electron chi connectivity index (χ4n) is 3.13. The average Bonchev–Trinajstić information content (AvgIpc) is 3.36. The summed E-state index contributed by atoms with van der Waals surface area (Å²) in [6.45, 7) is 1.83. The first kappa shape index (κ1) is 19.7. The number of hydrazine groups is 1. The van der Waals surface area contributed by atoms with Crippen molar-refractivity contribution in [3.8, 4) is 17.2 Å². The van der Waals surface area contributed by atoms with Gasteiger partial charge in [0.15, 0.2) is 17.2 Å². The molecule has 0 bridgehead atoms. The van der Waals surface area contributed by atoms with Gasteiger partial charge in [0.25, 0.3) is 11.8 Å². The summed E-state index contributed by atoms with van der Waals surface area (Å²) in [5.74, 6) is 5.65. The highest BCUT2D eigenvalue weighted by atomic mass is 35.5. The standard InChI is InChI=1S/C20H18ClN5O4/c1-11-17(21)18(19(27)23-22)26(24-11)14-5-3-4-12(8-14)20(28)25(2)13-6-7-15-16(9-13)30-10-29-15/h3-9H,10,22H2,1-2H3,(H,23,27). The van der Waals surface area contributed by atoms with Crippen molar-refractivity contribution in [1.29, 1.82) is 0 Å². The highest BCUT2D eigenvalue weighted by molar-refractivity contribution is 6.34. The molecule has 0 fully saturated rings. The van der Waals surface area contributed by atoms with E-state index in [2.05, 4.69) is 10.5 Å². The Balaban J connectivity index is 1.68. The number of nitrogen functional groups attached to an aromatic ring is 1. The Morgan fingerprint density at radius 3 is 2.73 bits per heavy atom. The van der Waals surface area contributed by atoms with Crippen LogP contribution in [0.4, 0.5) is 5.69 Å². The van der Waals surface area contributed by atoms with Gasteiger partial charge in [-0.3, -0.25) is 15.0 Å². The van der Waals surface area contributed by atoms with Gasteiger partial charge in [0.2, 0.25) is 6.79 Å². The predicted molar refractivity (Wildman–Crippen MR) is 110 cm³/mol. The smallest absolute Gasteiger partial charge is 0.285 e. The first-order chi connectivity index (χ1) is 14.4. The van der Waals surface area contributed by atoms with Gasteiger partial charge in [-0.15, -0.1) is 0 Å². The van der Waals surface area contributed by atoms with Crippen LogP contribution >= 0.6 is 11.6 Å². The molecule has 0 saturated carbocycles. The summed E-state index contributed by atoms with van der Waals surface area (Å²) in [5, 5.41) is 4.49. The molecule has 1 aliphatic rings. The van der Waals surface area contributed by atoms with E-state index in [9.17, 15) is 9.59 Å². The van der Waals surface area contributed by atoms with Crippen molar-refractivity contribution in [3.63, 3.8) is 0 Å². The van der Waals surface area contributed by atoms with Crippen molar-refractivity contribution in [1.82, 2.24) is 15.2 Å². The molecule has 1 aliphatic heterocycles. The first-order valence-corrected chi connectivity index (χ1v) is 9.32. The second kappa shape index (κ2) is 7.69. The van der Waals surface area contributed by atoms with Gasteiger partial charge in [0, 0.05) is 24.4 Å². The zero-order chi connectivity index (χ0) is 21.4. The molecule has 154 valence electrons. The second-order valence-corrected chi connectivity index (χ2v) is 6.96. The van der Waals surface area contributed by atoms with E-state index in [1.807, 2.05) is 0 Å². The van der Waals surface area contributed by atoms with Gasteiger partial charge in [0.1, 0.15) is 0 Å². The zero-order valence-electron chi connectivity index (χ0n) is 16.2. The third kappa shape index (κ3) is 3.34. The lowest BCUT2D eigenvalue weighted by Crippen LogP contribution is -2.32. The number of amides is 2. The number of nitrogens with one attached hydrogen (secondary N) is 1. The Morgan fingerprint density at radius 1 is 1.20 bits per heavy atom. The summed E-state index contributed by atoms with van der Waals surface area (Å²) in [6, 6.07) is 12.0. The van der Waals surface area contributed by atoms with E-state index in [0.29, 0.717) is 34.1 Å². The van der Waals surface area contributed by atoms with Crippen LogP contribution in [-0.2, 0) is 0 Å². The van der Waals surface area contributed by atoms with E-state index in [4.69, 9.17) is 26.9 Å². The van der Waals surface area contributed by atoms with Gasteiger partial charge in [-0.2, -0.15) is 5.10 Å². The van der Waals surface area contributed by atoms with Gasteiger partial charge < -0.3 is 14.4 Å². The number of hydrogen-bond donors (Lipinski definition) is 2. The lowest BCUT2D eigenvalue weighted by Gasteiger charge is -2.18. The Bertz CT molecular complexity index is 1160. The van der Waals surface area contributed by atoms with E-state index >= 15 is 0 Å². The van der Waals surface area contributed by atoms with Gasteiger partial charge in [-0.1, -0.05) is 17.7 Å². The molecule has 3 aromatic rings. The number of benzene rings is 2. The highest BCUT2D eigenvalue weighted by Gasteiger charge is 2.23. The van der Waals surface area contributed by atoms with Gasteiger partial charge in [-0.05, 0) is 37.3 Å². The largest absolute Gasteiger partial charge is 0.454 e. The summed E-state index contributed by atoms with van der Waals surface area (Å²) < 4.78 is 12.0. The first-order valence-electron chi connectivity index (χ1n) is 8.95. The van der Waals surface area contributed by atoms with Crippen LogP contribution < -0.4 is 25.6 Å². The van der Waals surface area contributed by atoms with E-state index in [0.717, 1.165) is 0 Å². The van der Waals surface area contributed by atoms with Crippen molar-refractivity contribution >= 4 is 29.1 Å². The minimum atomic E-state index is -0.588. The third-order valence-corrected chi connectivity index (χ3v) is 5.17. The summed E-state index contributed by atoms with van der Waals surface area (Å²) in [6.07, 6.45) is 0. The topological polar surface area (TPSA) is 112 Å². The Labute approximate surface area is 176 Å². The number of aromatic nitrogens is 2.